The maximum atomic E-state index is 13.1. The molecule has 9 heteroatoms. The van der Waals surface area contributed by atoms with E-state index in [1.165, 1.54) is 11.8 Å². The number of esters is 1. The Kier molecular flexibility index (Phi) is 7.80. The summed E-state index contributed by atoms with van der Waals surface area (Å²) in [5.41, 5.74) is 2.45. The summed E-state index contributed by atoms with van der Waals surface area (Å²) in [5, 5.41) is 6.02. The van der Waals surface area contributed by atoms with E-state index in [2.05, 4.69) is 10.3 Å². The lowest BCUT2D eigenvalue weighted by molar-refractivity contribution is -0.141. The van der Waals surface area contributed by atoms with Crippen molar-refractivity contribution in [2.75, 3.05) is 20.3 Å². The summed E-state index contributed by atoms with van der Waals surface area (Å²) >= 11 is 7.97. The van der Waals surface area contributed by atoms with E-state index >= 15 is 0 Å². The van der Waals surface area contributed by atoms with Crippen LogP contribution in [0.1, 0.15) is 38.8 Å². The second-order valence-electron chi connectivity index (χ2n) is 7.44. The SMILES string of the molecule is COCCOC(=O)C1=C(C)N=C2SC=C(CC(=O)NC(C)C)N2[C@H]1c1ccccc1Cl. The van der Waals surface area contributed by atoms with Crippen molar-refractivity contribution in [3.8, 4) is 0 Å². The van der Waals surface area contributed by atoms with E-state index in [9.17, 15) is 9.59 Å². The normalized spacial score (nSPS) is 18.0. The zero-order valence-corrected chi connectivity index (χ0v) is 19.5. The Morgan fingerprint density at radius 1 is 1.29 bits per heavy atom. The molecule has 166 valence electrons. The van der Waals surface area contributed by atoms with Gasteiger partial charge in [0.2, 0.25) is 5.91 Å². The number of nitrogens with one attached hydrogen (secondary N) is 1. The van der Waals surface area contributed by atoms with Crippen LogP contribution in [0.3, 0.4) is 0 Å². The van der Waals surface area contributed by atoms with E-state index in [1.54, 1.807) is 20.1 Å². The number of nitrogens with zero attached hydrogens (tertiary/aromatic N) is 2. The van der Waals surface area contributed by atoms with E-state index < -0.39 is 12.0 Å². The van der Waals surface area contributed by atoms with E-state index in [-0.39, 0.29) is 25.0 Å². The number of allylic oxidation sites excluding steroid dienone is 1. The van der Waals surface area contributed by atoms with Crippen molar-refractivity contribution in [1.29, 1.82) is 0 Å². The molecular formula is C22H26ClN3O4S. The number of rotatable bonds is 8. The number of thioether (sulfide) groups is 1. The van der Waals surface area contributed by atoms with Crippen molar-refractivity contribution in [3.63, 3.8) is 0 Å². The predicted octanol–water partition coefficient (Wildman–Crippen LogP) is 4.02. The summed E-state index contributed by atoms with van der Waals surface area (Å²) in [4.78, 5) is 32.1. The zero-order valence-electron chi connectivity index (χ0n) is 18.0. The quantitative estimate of drug-likeness (QED) is 0.463. The number of halogens is 1. The number of hydrogen-bond donors (Lipinski definition) is 1. The number of fused-ring (bicyclic) bond motifs is 1. The molecule has 0 radical (unpaired) electrons. The van der Waals surface area contributed by atoms with Crippen LogP contribution in [0, 0.1) is 0 Å². The molecule has 1 atom stereocenters. The second kappa shape index (κ2) is 10.3. The Morgan fingerprint density at radius 2 is 2.03 bits per heavy atom. The minimum Gasteiger partial charge on any atom is -0.460 e. The van der Waals surface area contributed by atoms with Crippen LogP contribution in [-0.4, -0.2) is 48.3 Å². The van der Waals surface area contributed by atoms with Gasteiger partial charge in [0.05, 0.1) is 30.3 Å². The number of amidine groups is 1. The molecule has 2 aliphatic rings. The summed E-state index contributed by atoms with van der Waals surface area (Å²) < 4.78 is 10.4. The molecule has 0 bridgehead atoms. The Morgan fingerprint density at radius 3 is 2.71 bits per heavy atom. The van der Waals surface area contributed by atoms with Crippen LogP contribution in [0.4, 0.5) is 0 Å². The van der Waals surface area contributed by atoms with Gasteiger partial charge >= 0.3 is 5.97 Å². The summed E-state index contributed by atoms with van der Waals surface area (Å²) in [6.45, 7) is 6.03. The van der Waals surface area contributed by atoms with Crippen molar-refractivity contribution in [2.45, 2.75) is 39.3 Å². The standard InChI is InChI=1S/C22H26ClN3O4S/c1-13(2)24-18(27)11-15-12-31-22-25-14(3)19(21(28)30-10-9-29-4)20(26(15)22)16-7-5-6-8-17(16)23/h5-8,12-13,20H,9-11H2,1-4H3,(H,24,27)/t20-/m0/s1. The van der Waals surface area contributed by atoms with E-state index in [1.807, 2.05) is 42.4 Å². The monoisotopic (exact) mass is 463 g/mol. The van der Waals surface area contributed by atoms with Gasteiger partial charge in [-0.25, -0.2) is 9.79 Å². The molecule has 1 amide bonds. The van der Waals surface area contributed by atoms with Crippen LogP contribution in [0.2, 0.25) is 5.02 Å². The van der Waals surface area contributed by atoms with Crippen LogP contribution < -0.4 is 5.32 Å². The van der Waals surface area contributed by atoms with Gasteiger partial charge in [-0.2, -0.15) is 0 Å². The minimum atomic E-state index is -0.552. The molecule has 1 aromatic carbocycles. The smallest absolute Gasteiger partial charge is 0.338 e. The largest absolute Gasteiger partial charge is 0.460 e. The van der Waals surface area contributed by atoms with Crippen LogP contribution in [0.5, 0.6) is 0 Å². The fourth-order valence-electron chi connectivity index (χ4n) is 3.45. The van der Waals surface area contributed by atoms with Crippen LogP contribution in [0.25, 0.3) is 0 Å². The molecule has 7 nitrogen and oxygen atoms in total. The second-order valence-corrected chi connectivity index (χ2v) is 8.69. The van der Waals surface area contributed by atoms with Crippen molar-refractivity contribution in [1.82, 2.24) is 10.2 Å². The van der Waals surface area contributed by atoms with E-state index in [0.717, 1.165) is 11.3 Å². The average molecular weight is 464 g/mol. The van der Waals surface area contributed by atoms with Crippen molar-refractivity contribution in [3.05, 3.63) is 57.2 Å². The lowest BCUT2D eigenvalue weighted by atomic mass is 9.93. The molecule has 0 spiro atoms. The first-order valence-electron chi connectivity index (χ1n) is 9.97. The first-order valence-corrected chi connectivity index (χ1v) is 11.2. The number of aliphatic imine (C=N–C) groups is 1. The number of amides is 1. The summed E-state index contributed by atoms with van der Waals surface area (Å²) in [6, 6.07) is 6.84. The molecule has 0 saturated carbocycles. The van der Waals surface area contributed by atoms with Gasteiger partial charge in [-0.05, 0) is 37.8 Å². The van der Waals surface area contributed by atoms with Gasteiger partial charge in [-0.15, -0.1) is 0 Å². The molecule has 31 heavy (non-hydrogen) atoms. The number of methoxy groups -OCH3 is 1. The lowest BCUT2D eigenvalue weighted by Crippen LogP contribution is -2.39. The lowest BCUT2D eigenvalue weighted by Gasteiger charge is -2.36. The van der Waals surface area contributed by atoms with Gasteiger partial charge in [-0.1, -0.05) is 41.6 Å². The maximum absolute atomic E-state index is 13.1. The summed E-state index contributed by atoms with van der Waals surface area (Å²) in [5.74, 6) is -0.582. The Bertz CT molecular complexity index is 958. The van der Waals surface area contributed by atoms with Gasteiger partial charge < -0.3 is 19.7 Å². The van der Waals surface area contributed by atoms with E-state index in [4.69, 9.17) is 21.1 Å². The molecule has 0 saturated heterocycles. The third kappa shape index (κ3) is 5.31. The molecule has 0 aromatic heterocycles. The van der Waals surface area contributed by atoms with Gasteiger partial charge in [0.25, 0.3) is 0 Å². The summed E-state index contributed by atoms with van der Waals surface area (Å²) in [6.07, 6.45) is 0.163. The molecule has 1 N–H and O–H groups in total. The number of carbonyl (C=O) groups is 2. The number of benzene rings is 1. The highest BCUT2D eigenvalue weighted by Crippen LogP contribution is 2.46. The number of ether oxygens (including phenoxy) is 2. The number of carbonyl (C=O) groups excluding carboxylic acids is 2. The zero-order chi connectivity index (χ0) is 22.5. The van der Waals surface area contributed by atoms with Crippen LogP contribution >= 0.6 is 23.4 Å². The highest BCUT2D eigenvalue weighted by Gasteiger charge is 2.41. The number of hydrogen-bond acceptors (Lipinski definition) is 7. The van der Waals surface area contributed by atoms with E-state index in [0.29, 0.717) is 28.1 Å². The van der Waals surface area contributed by atoms with Gasteiger partial charge in [-0.3, -0.25) is 4.79 Å². The maximum Gasteiger partial charge on any atom is 0.338 e. The average Bonchev–Trinajstić information content (AvgIpc) is 3.08. The van der Waals surface area contributed by atoms with Crippen molar-refractivity contribution < 1.29 is 19.1 Å². The Hall–Kier alpha value is -2.29. The van der Waals surface area contributed by atoms with Crippen molar-refractivity contribution in [2.24, 2.45) is 4.99 Å². The van der Waals surface area contributed by atoms with Crippen LogP contribution in [0.15, 0.2) is 51.6 Å². The first-order chi connectivity index (χ1) is 14.8. The predicted molar refractivity (Wildman–Crippen MR) is 123 cm³/mol. The van der Waals surface area contributed by atoms with Crippen LogP contribution in [-0.2, 0) is 19.1 Å². The van der Waals surface area contributed by atoms with Gasteiger partial charge in [0.1, 0.15) is 6.61 Å². The molecule has 3 rings (SSSR count). The highest BCUT2D eigenvalue weighted by molar-refractivity contribution is 8.16. The fourth-order valence-corrected chi connectivity index (χ4v) is 4.66. The molecular weight excluding hydrogens is 438 g/mol. The highest BCUT2D eigenvalue weighted by atomic mass is 35.5. The fraction of sp³-hybridized carbons (Fsp3) is 0.409. The Labute approximate surface area is 191 Å². The third-order valence-electron chi connectivity index (χ3n) is 4.73. The Balaban J connectivity index is 2.01. The molecule has 0 unspecified atom stereocenters. The molecule has 2 aliphatic heterocycles. The molecule has 0 fully saturated rings. The molecule has 1 aromatic rings. The minimum absolute atomic E-state index is 0.0319. The van der Waals surface area contributed by atoms with Gasteiger partial charge in [0, 0.05) is 23.9 Å². The molecule has 0 aliphatic carbocycles. The van der Waals surface area contributed by atoms with Crippen molar-refractivity contribution >= 4 is 40.4 Å². The third-order valence-corrected chi connectivity index (χ3v) is 5.97. The first kappa shape index (κ1) is 23.4. The summed E-state index contributed by atoms with van der Waals surface area (Å²) in [7, 11) is 1.54. The topological polar surface area (TPSA) is 80.2 Å². The molecule has 2 heterocycles. The van der Waals surface area contributed by atoms with Gasteiger partial charge in [0.15, 0.2) is 5.17 Å².